The highest BCUT2D eigenvalue weighted by molar-refractivity contribution is 7.92. The third-order valence-electron chi connectivity index (χ3n) is 4.85. The summed E-state index contributed by atoms with van der Waals surface area (Å²) in [6.07, 6.45) is 4.36. The van der Waals surface area contributed by atoms with Gasteiger partial charge in [-0.15, -0.1) is 0 Å². The zero-order valence-electron chi connectivity index (χ0n) is 16.4. The van der Waals surface area contributed by atoms with Crippen LogP contribution in [0.2, 0.25) is 0 Å². The molecule has 1 aliphatic carbocycles. The van der Waals surface area contributed by atoms with Crippen LogP contribution < -0.4 is 9.04 Å². The van der Waals surface area contributed by atoms with Gasteiger partial charge < -0.3 is 9.47 Å². The summed E-state index contributed by atoms with van der Waals surface area (Å²) in [5.74, 6) is -0.160. The van der Waals surface area contributed by atoms with Crippen LogP contribution in [0, 0.1) is 10.1 Å². The number of hydrogen-bond donors (Lipinski definition) is 0. The zero-order valence-corrected chi connectivity index (χ0v) is 17.2. The van der Waals surface area contributed by atoms with Crippen LogP contribution in [0.3, 0.4) is 0 Å². The van der Waals surface area contributed by atoms with E-state index >= 15 is 0 Å². The summed E-state index contributed by atoms with van der Waals surface area (Å²) in [5, 5.41) is 11.0. The molecule has 0 heterocycles. The number of non-ortho nitro benzene ring substituents is 1. The molecule has 2 aromatic carbocycles. The van der Waals surface area contributed by atoms with Crippen LogP contribution in [-0.4, -0.2) is 39.1 Å². The second kappa shape index (κ2) is 9.12. The molecule has 0 atom stereocenters. The first-order chi connectivity index (χ1) is 14.3. The molecule has 160 valence electrons. The largest absolute Gasteiger partial charge is 0.490 e. The highest BCUT2D eigenvalue weighted by Gasteiger charge is 2.29. The Morgan fingerprint density at radius 2 is 1.83 bits per heavy atom. The first-order valence-corrected chi connectivity index (χ1v) is 10.9. The minimum Gasteiger partial charge on any atom is -0.490 e. The monoisotopic (exact) mass is 434 g/mol. The number of carbonyl (C=O) groups is 1. The predicted molar refractivity (Wildman–Crippen MR) is 109 cm³/mol. The van der Waals surface area contributed by atoms with E-state index < -0.39 is 27.5 Å². The van der Waals surface area contributed by atoms with Crippen molar-refractivity contribution in [1.82, 2.24) is 0 Å². The van der Waals surface area contributed by atoms with Gasteiger partial charge in [0.1, 0.15) is 12.3 Å². The highest BCUT2D eigenvalue weighted by atomic mass is 32.2. The van der Waals surface area contributed by atoms with Crippen molar-refractivity contribution < 1.29 is 27.6 Å². The number of sulfonamides is 1. The smallest absolute Gasteiger partial charge is 0.326 e. The Morgan fingerprint density at radius 3 is 2.43 bits per heavy atom. The lowest BCUT2D eigenvalue weighted by atomic mass is 10.2. The van der Waals surface area contributed by atoms with Crippen molar-refractivity contribution in [3.63, 3.8) is 0 Å². The second-order valence-corrected chi connectivity index (χ2v) is 8.72. The fraction of sp³-hybridized carbons (Fsp3) is 0.350. The maximum Gasteiger partial charge on any atom is 0.326 e. The Hall–Kier alpha value is -3.14. The second-order valence-electron chi connectivity index (χ2n) is 6.86. The minimum absolute atomic E-state index is 0.149. The standard InChI is InChI=1S/C20H22N2O7S/c1-28-20(23)14-21(30(26,27)19-8-4-5-16(13-19)22(24)25)15-9-11-18(12-10-15)29-17-6-2-3-7-17/h4-5,8-13,17H,2-3,6-7,14H2,1H3. The van der Waals surface area contributed by atoms with Crippen molar-refractivity contribution in [1.29, 1.82) is 0 Å². The van der Waals surface area contributed by atoms with Gasteiger partial charge in [-0.2, -0.15) is 0 Å². The third kappa shape index (κ3) is 4.88. The summed E-state index contributed by atoms with van der Waals surface area (Å²) >= 11 is 0. The maximum atomic E-state index is 13.2. The number of methoxy groups -OCH3 is 1. The molecule has 0 N–H and O–H groups in total. The zero-order chi connectivity index (χ0) is 21.7. The number of carbonyl (C=O) groups excluding carboxylic acids is 1. The Labute approximate surface area is 174 Å². The molecule has 0 radical (unpaired) electrons. The molecule has 0 bridgehead atoms. The van der Waals surface area contributed by atoms with E-state index in [2.05, 4.69) is 4.74 Å². The fourth-order valence-electron chi connectivity index (χ4n) is 3.27. The molecule has 0 spiro atoms. The number of hydrogen-bond acceptors (Lipinski definition) is 7. The molecule has 0 aliphatic heterocycles. The molecule has 0 unspecified atom stereocenters. The van der Waals surface area contributed by atoms with Gasteiger partial charge in [-0.05, 0) is 56.0 Å². The van der Waals surface area contributed by atoms with Gasteiger partial charge in [0.2, 0.25) is 0 Å². The van der Waals surface area contributed by atoms with Crippen molar-refractivity contribution in [2.75, 3.05) is 18.0 Å². The summed E-state index contributed by atoms with van der Waals surface area (Å²) in [7, 11) is -3.11. The minimum atomic E-state index is -4.26. The van der Waals surface area contributed by atoms with E-state index in [9.17, 15) is 23.3 Å². The molecule has 0 aromatic heterocycles. The SMILES string of the molecule is COC(=O)CN(c1ccc(OC2CCCC2)cc1)S(=O)(=O)c1cccc([N+](=O)[O-])c1. The lowest BCUT2D eigenvalue weighted by molar-refractivity contribution is -0.385. The normalized spacial score (nSPS) is 14.3. The summed E-state index contributed by atoms with van der Waals surface area (Å²) in [5.41, 5.74) is -0.153. The van der Waals surface area contributed by atoms with E-state index in [1.165, 1.54) is 30.3 Å². The van der Waals surface area contributed by atoms with E-state index in [1.807, 2.05) is 0 Å². The Kier molecular flexibility index (Phi) is 6.56. The molecule has 1 fully saturated rings. The van der Waals surface area contributed by atoms with Gasteiger partial charge in [-0.3, -0.25) is 19.2 Å². The predicted octanol–water partition coefficient (Wildman–Crippen LogP) is 3.28. The number of ether oxygens (including phenoxy) is 2. The summed E-state index contributed by atoms with van der Waals surface area (Å²) < 4.78 is 37.8. The third-order valence-corrected chi connectivity index (χ3v) is 6.62. The quantitative estimate of drug-likeness (QED) is 0.356. The molecular weight excluding hydrogens is 412 g/mol. The average Bonchev–Trinajstić information content (AvgIpc) is 3.25. The number of rotatable bonds is 8. The molecule has 1 saturated carbocycles. The molecule has 3 rings (SSSR count). The van der Waals surface area contributed by atoms with Crippen molar-refractivity contribution in [3.8, 4) is 5.75 Å². The fourth-order valence-corrected chi connectivity index (χ4v) is 4.72. The van der Waals surface area contributed by atoms with E-state index in [0.29, 0.717) is 5.75 Å². The first kappa shape index (κ1) is 21.6. The number of anilines is 1. The van der Waals surface area contributed by atoms with Crippen molar-refractivity contribution in [3.05, 3.63) is 58.6 Å². The van der Waals surface area contributed by atoms with Crippen molar-refractivity contribution in [2.24, 2.45) is 0 Å². The van der Waals surface area contributed by atoms with E-state index in [-0.39, 0.29) is 22.4 Å². The van der Waals surface area contributed by atoms with Gasteiger partial charge in [0.25, 0.3) is 15.7 Å². The van der Waals surface area contributed by atoms with Gasteiger partial charge in [0.15, 0.2) is 0 Å². The molecule has 0 amide bonds. The van der Waals surface area contributed by atoms with Gasteiger partial charge in [0, 0.05) is 12.1 Å². The summed E-state index contributed by atoms with van der Waals surface area (Å²) in [6, 6.07) is 11.0. The topological polar surface area (TPSA) is 116 Å². The van der Waals surface area contributed by atoms with Gasteiger partial charge in [-0.25, -0.2) is 8.42 Å². The summed E-state index contributed by atoms with van der Waals surface area (Å²) in [6.45, 7) is -0.579. The van der Waals surface area contributed by atoms with Crippen molar-refractivity contribution >= 4 is 27.4 Å². The summed E-state index contributed by atoms with van der Waals surface area (Å²) in [4.78, 5) is 21.9. The molecule has 2 aromatic rings. The van der Waals surface area contributed by atoms with Crippen LogP contribution in [0.15, 0.2) is 53.4 Å². The van der Waals surface area contributed by atoms with Crippen LogP contribution >= 0.6 is 0 Å². The number of esters is 1. The number of nitrogens with zero attached hydrogens (tertiary/aromatic N) is 2. The molecule has 0 saturated heterocycles. The van der Waals surface area contributed by atoms with E-state index in [4.69, 9.17) is 4.74 Å². The molecule has 10 heteroatoms. The molecular formula is C20H22N2O7S. The Morgan fingerprint density at radius 1 is 1.17 bits per heavy atom. The Bertz CT molecular complexity index is 1020. The number of nitro groups is 1. The van der Waals surface area contributed by atoms with Crippen molar-refractivity contribution in [2.45, 2.75) is 36.7 Å². The van der Waals surface area contributed by atoms with E-state index in [1.54, 1.807) is 12.1 Å². The first-order valence-electron chi connectivity index (χ1n) is 9.42. The molecule has 9 nitrogen and oxygen atoms in total. The highest BCUT2D eigenvalue weighted by Crippen LogP contribution is 2.29. The Balaban J connectivity index is 1.92. The lowest BCUT2D eigenvalue weighted by Crippen LogP contribution is -2.36. The lowest BCUT2D eigenvalue weighted by Gasteiger charge is -2.23. The van der Waals surface area contributed by atoms with Gasteiger partial charge in [0.05, 0.1) is 28.7 Å². The van der Waals surface area contributed by atoms with Crippen LogP contribution in [-0.2, 0) is 19.6 Å². The number of benzene rings is 2. The van der Waals surface area contributed by atoms with Crippen LogP contribution in [0.4, 0.5) is 11.4 Å². The van der Waals surface area contributed by atoms with E-state index in [0.717, 1.165) is 43.2 Å². The van der Waals surface area contributed by atoms with Crippen LogP contribution in [0.1, 0.15) is 25.7 Å². The number of nitro benzene ring substituents is 1. The van der Waals surface area contributed by atoms with Crippen LogP contribution in [0.25, 0.3) is 0 Å². The molecule has 30 heavy (non-hydrogen) atoms. The van der Waals surface area contributed by atoms with Crippen LogP contribution in [0.5, 0.6) is 5.75 Å². The molecule has 1 aliphatic rings. The van der Waals surface area contributed by atoms with Gasteiger partial charge in [-0.1, -0.05) is 6.07 Å². The average molecular weight is 434 g/mol. The maximum absolute atomic E-state index is 13.2. The van der Waals surface area contributed by atoms with Gasteiger partial charge >= 0.3 is 5.97 Å².